The summed E-state index contributed by atoms with van der Waals surface area (Å²) in [6, 6.07) is 0. The maximum Gasteiger partial charge on any atom is 0.241 e. The molecule has 1 aliphatic heterocycles. The van der Waals surface area contributed by atoms with Crippen molar-refractivity contribution in [3.05, 3.63) is 18.7 Å². The first-order valence-electron chi connectivity index (χ1n) is 6.76. The van der Waals surface area contributed by atoms with Crippen LogP contribution in [0.5, 0.6) is 0 Å². The Balaban J connectivity index is 1.57. The maximum atomic E-state index is 11.7. The zero-order valence-electron chi connectivity index (χ0n) is 11.0. The van der Waals surface area contributed by atoms with E-state index in [1.807, 2.05) is 15.7 Å². The van der Waals surface area contributed by atoms with Gasteiger partial charge >= 0.3 is 0 Å². The number of likely N-dealkylation sites (tertiary alicyclic amines) is 1. The Morgan fingerprint density at radius 1 is 1.26 bits per heavy atom. The number of hydrogen-bond donors (Lipinski definition) is 1. The molecule has 2 rings (SSSR count). The molecule has 0 aromatic carbocycles. The summed E-state index contributed by atoms with van der Waals surface area (Å²) < 4.78 is 1.93. The van der Waals surface area contributed by atoms with Gasteiger partial charge in [0, 0.05) is 38.4 Å². The fourth-order valence-electron chi connectivity index (χ4n) is 2.18. The second kappa shape index (κ2) is 6.92. The van der Waals surface area contributed by atoms with E-state index in [0.717, 1.165) is 38.9 Å². The Morgan fingerprint density at radius 2 is 2.05 bits per heavy atom. The normalized spacial score (nSPS) is 14.6. The van der Waals surface area contributed by atoms with Crippen LogP contribution in [0.15, 0.2) is 18.7 Å². The number of carbonyl (C=O) groups excluding carboxylic acids is 2. The van der Waals surface area contributed by atoms with E-state index in [4.69, 9.17) is 0 Å². The molecule has 6 heteroatoms. The minimum atomic E-state index is -0.0623. The predicted octanol–water partition coefficient (Wildman–Crippen LogP) is 0.402. The summed E-state index contributed by atoms with van der Waals surface area (Å²) in [5, 5.41) is 2.68. The van der Waals surface area contributed by atoms with E-state index in [-0.39, 0.29) is 18.4 Å². The second-order valence-corrected chi connectivity index (χ2v) is 4.77. The molecule has 2 heterocycles. The Hall–Kier alpha value is -1.85. The largest absolute Gasteiger partial charge is 0.347 e. The highest BCUT2D eigenvalue weighted by Crippen LogP contribution is 2.06. The van der Waals surface area contributed by atoms with Crippen LogP contribution < -0.4 is 5.32 Å². The molecule has 0 saturated carbocycles. The second-order valence-electron chi connectivity index (χ2n) is 4.77. The van der Waals surface area contributed by atoms with Crippen LogP contribution in [0, 0.1) is 0 Å². The topological polar surface area (TPSA) is 67.2 Å². The molecule has 0 bridgehead atoms. The predicted molar refractivity (Wildman–Crippen MR) is 70.3 cm³/mol. The first-order chi connectivity index (χ1) is 9.25. The van der Waals surface area contributed by atoms with Gasteiger partial charge in [0.05, 0.1) is 12.9 Å². The summed E-state index contributed by atoms with van der Waals surface area (Å²) in [5.41, 5.74) is 0. The fourth-order valence-corrected chi connectivity index (χ4v) is 2.18. The Kier molecular flexibility index (Phi) is 4.94. The summed E-state index contributed by atoms with van der Waals surface area (Å²) in [4.78, 5) is 29.0. The number of rotatable bonds is 6. The van der Waals surface area contributed by atoms with E-state index < -0.39 is 0 Å². The molecule has 2 amide bonds. The number of aromatic nitrogens is 2. The molecule has 0 unspecified atom stereocenters. The van der Waals surface area contributed by atoms with Gasteiger partial charge in [-0.2, -0.15) is 0 Å². The number of nitrogens with zero attached hydrogens (tertiary/aromatic N) is 3. The SMILES string of the molecule is O=C(CCCn1ccnc1)NCC(=O)N1CCCC1. The van der Waals surface area contributed by atoms with Crippen LogP contribution in [0.2, 0.25) is 0 Å². The zero-order chi connectivity index (χ0) is 13.5. The van der Waals surface area contributed by atoms with E-state index in [9.17, 15) is 9.59 Å². The third-order valence-electron chi connectivity index (χ3n) is 3.27. The highest BCUT2D eigenvalue weighted by Gasteiger charge is 2.17. The third kappa shape index (κ3) is 4.39. The molecule has 1 saturated heterocycles. The molecule has 0 radical (unpaired) electrons. The van der Waals surface area contributed by atoms with Gasteiger partial charge in [0.1, 0.15) is 0 Å². The van der Waals surface area contributed by atoms with E-state index in [1.165, 1.54) is 0 Å². The molecule has 1 aromatic rings. The van der Waals surface area contributed by atoms with Crippen molar-refractivity contribution in [2.45, 2.75) is 32.2 Å². The van der Waals surface area contributed by atoms with Crippen molar-refractivity contribution in [3.8, 4) is 0 Å². The van der Waals surface area contributed by atoms with E-state index in [1.54, 1.807) is 12.5 Å². The van der Waals surface area contributed by atoms with Crippen LogP contribution in [0.4, 0.5) is 0 Å². The number of hydrogen-bond acceptors (Lipinski definition) is 3. The van der Waals surface area contributed by atoms with Gasteiger partial charge in [0.2, 0.25) is 11.8 Å². The highest BCUT2D eigenvalue weighted by molar-refractivity contribution is 5.84. The van der Waals surface area contributed by atoms with Crippen LogP contribution in [-0.4, -0.2) is 45.9 Å². The molecular formula is C13H20N4O2. The molecular weight excluding hydrogens is 244 g/mol. The van der Waals surface area contributed by atoms with Crippen molar-refractivity contribution in [3.63, 3.8) is 0 Å². The Bertz CT molecular complexity index is 410. The first kappa shape index (κ1) is 13.6. The molecule has 0 spiro atoms. The molecule has 0 atom stereocenters. The molecule has 1 aromatic heterocycles. The molecule has 1 N–H and O–H groups in total. The lowest BCUT2D eigenvalue weighted by molar-refractivity contribution is -0.132. The molecule has 1 aliphatic rings. The Labute approximate surface area is 112 Å². The maximum absolute atomic E-state index is 11.7. The highest BCUT2D eigenvalue weighted by atomic mass is 16.2. The average Bonchev–Trinajstić information content (AvgIpc) is 3.08. The first-order valence-corrected chi connectivity index (χ1v) is 6.76. The van der Waals surface area contributed by atoms with Gasteiger partial charge in [0.25, 0.3) is 0 Å². The van der Waals surface area contributed by atoms with Gasteiger partial charge in [-0.3, -0.25) is 9.59 Å². The van der Waals surface area contributed by atoms with Gasteiger partial charge in [-0.05, 0) is 19.3 Å². The standard InChI is InChI=1S/C13H20N4O2/c18-12(4-3-6-16-9-5-14-11-16)15-10-13(19)17-7-1-2-8-17/h5,9,11H,1-4,6-8,10H2,(H,15,18). The minimum Gasteiger partial charge on any atom is -0.347 e. The van der Waals surface area contributed by atoms with Gasteiger partial charge < -0.3 is 14.8 Å². The lowest BCUT2D eigenvalue weighted by Gasteiger charge is -2.15. The van der Waals surface area contributed by atoms with Gasteiger partial charge in [-0.1, -0.05) is 0 Å². The van der Waals surface area contributed by atoms with Crippen LogP contribution in [0.1, 0.15) is 25.7 Å². The van der Waals surface area contributed by atoms with Crippen LogP contribution in [0.3, 0.4) is 0 Å². The number of aryl methyl sites for hydroxylation is 1. The molecule has 104 valence electrons. The molecule has 19 heavy (non-hydrogen) atoms. The van der Waals surface area contributed by atoms with Crippen LogP contribution in [-0.2, 0) is 16.1 Å². The summed E-state index contributed by atoms with van der Waals surface area (Å²) in [5.74, 6) is -0.0341. The van der Waals surface area contributed by atoms with E-state index >= 15 is 0 Å². The lowest BCUT2D eigenvalue weighted by atomic mass is 10.3. The smallest absolute Gasteiger partial charge is 0.241 e. The zero-order valence-corrected chi connectivity index (χ0v) is 11.0. The van der Waals surface area contributed by atoms with Crippen molar-refractivity contribution in [1.29, 1.82) is 0 Å². The van der Waals surface area contributed by atoms with E-state index in [2.05, 4.69) is 10.3 Å². The number of nitrogens with one attached hydrogen (secondary N) is 1. The minimum absolute atomic E-state index is 0.0282. The average molecular weight is 264 g/mol. The van der Waals surface area contributed by atoms with Crippen LogP contribution >= 0.6 is 0 Å². The van der Waals surface area contributed by atoms with Crippen molar-refractivity contribution < 1.29 is 9.59 Å². The molecule has 0 aliphatic carbocycles. The summed E-state index contributed by atoms with van der Waals surface area (Å²) in [7, 11) is 0. The number of amides is 2. The van der Waals surface area contributed by atoms with Crippen molar-refractivity contribution >= 4 is 11.8 Å². The third-order valence-corrected chi connectivity index (χ3v) is 3.27. The summed E-state index contributed by atoms with van der Waals surface area (Å²) in [6.45, 7) is 2.56. The quantitative estimate of drug-likeness (QED) is 0.809. The lowest BCUT2D eigenvalue weighted by Crippen LogP contribution is -2.38. The summed E-state index contributed by atoms with van der Waals surface area (Å²) >= 11 is 0. The van der Waals surface area contributed by atoms with E-state index in [0.29, 0.717) is 6.42 Å². The number of carbonyl (C=O) groups is 2. The molecule has 1 fully saturated rings. The number of imidazole rings is 1. The van der Waals surface area contributed by atoms with Crippen molar-refractivity contribution in [1.82, 2.24) is 19.8 Å². The Morgan fingerprint density at radius 3 is 2.74 bits per heavy atom. The van der Waals surface area contributed by atoms with Crippen molar-refractivity contribution in [2.24, 2.45) is 0 Å². The van der Waals surface area contributed by atoms with Crippen LogP contribution in [0.25, 0.3) is 0 Å². The monoisotopic (exact) mass is 264 g/mol. The molecule has 6 nitrogen and oxygen atoms in total. The van der Waals surface area contributed by atoms with Crippen molar-refractivity contribution in [2.75, 3.05) is 19.6 Å². The van der Waals surface area contributed by atoms with Gasteiger partial charge in [0.15, 0.2) is 0 Å². The van der Waals surface area contributed by atoms with Gasteiger partial charge in [-0.15, -0.1) is 0 Å². The van der Waals surface area contributed by atoms with Gasteiger partial charge in [-0.25, -0.2) is 4.98 Å². The summed E-state index contributed by atoms with van der Waals surface area (Å²) in [6.07, 6.45) is 8.65. The fraction of sp³-hybridized carbons (Fsp3) is 0.615.